The molecule has 27 heavy (non-hydrogen) atoms. The fourth-order valence-corrected chi connectivity index (χ4v) is 3.42. The molecule has 0 radical (unpaired) electrons. The van der Waals surface area contributed by atoms with Gasteiger partial charge >= 0.3 is 0 Å². The first-order chi connectivity index (χ1) is 13.0. The molecule has 140 valence electrons. The van der Waals surface area contributed by atoms with Crippen LogP contribution in [0.3, 0.4) is 0 Å². The Kier molecular flexibility index (Phi) is 5.46. The predicted octanol–water partition coefficient (Wildman–Crippen LogP) is 3.64. The molecule has 2 N–H and O–H groups in total. The highest BCUT2D eigenvalue weighted by atomic mass is 32.2. The van der Waals surface area contributed by atoms with Crippen molar-refractivity contribution in [1.82, 2.24) is 4.98 Å². The van der Waals surface area contributed by atoms with Crippen LogP contribution in [0.2, 0.25) is 0 Å². The van der Waals surface area contributed by atoms with Crippen LogP contribution in [0.5, 0.6) is 11.5 Å². The lowest BCUT2D eigenvalue weighted by Crippen LogP contribution is -2.14. The summed E-state index contributed by atoms with van der Waals surface area (Å²) in [5.74, 6) is 0.991. The fraction of sp³-hybridized carbons (Fsp3) is 0.105. The minimum Gasteiger partial charge on any atom is -0.493 e. The number of para-hydroxylation sites is 1. The molecule has 7 nitrogen and oxygen atoms in total. The van der Waals surface area contributed by atoms with E-state index < -0.39 is 10.0 Å². The molecule has 0 saturated heterocycles. The maximum Gasteiger partial charge on any atom is 0.263 e. The number of anilines is 3. The summed E-state index contributed by atoms with van der Waals surface area (Å²) in [6, 6.07) is 17.3. The highest BCUT2D eigenvalue weighted by Gasteiger charge is 2.17. The third-order valence-electron chi connectivity index (χ3n) is 3.73. The quantitative estimate of drug-likeness (QED) is 0.645. The van der Waals surface area contributed by atoms with Gasteiger partial charge in [-0.1, -0.05) is 18.2 Å². The summed E-state index contributed by atoms with van der Waals surface area (Å²) in [5, 5.41) is 3.18. The lowest BCUT2D eigenvalue weighted by Gasteiger charge is -2.12. The monoisotopic (exact) mass is 385 g/mol. The first-order valence-corrected chi connectivity index (χ1v) is 9.53. The molecule has 0 bridgehead atoms. The zero-order chi connectivity index (χ0) is 19.3. The molecule has 0 amide bonds. The van der Waals surface area contributed by atoms with E-state index in [0.717, 1.165) is 11.4 Å². The van der Waals surface area contributed by atoms with E-state index >= 15 is 0 Å². The van der Waals surface area contributed by atoms with Crippen LogP contribution in [0.25, 0.3) is 0 Å². The maximum atomic E-state index is 12.6. The van der Waals surface area contributed by atoms with Crippen molar-refractivity contribution in [3.05, 3.63) is 66.9 Å². The highest BCUT2D eigenvalue weighted by molar-refractivity contribution is 7.92. The van der Waals surface area contributed by atoms with Gasteiger partial charge in [-0.15, -0.1) is 0 Å². The van der Waals surface area contributed by atoms with Crippen LogP contribution in [0.1, 0.15) is 0 Å². The van der Waals surface area contributed by atoms with Crippen LogP contribution in [-0.4, -0.2) is 27.6 Å². The number of hydrogen-bond donors (Lipinski definition) is 2. The van der Waals surface area contributed by atoms with Gasteiger partial charge in [0.05, 0.1) is 31.0 Å². The molecule has 3 aromatic rings. The summed E-state index contributed by atoms with van der Waals surface area (Å²) in [5.41, 5.74) is 1.66. The molecule has 0 fully saturated rings. The van der Waals surface area contributed by atoms with Crippen LogP contribution < -0.4 is 19.5 Å². The third-order valence-corrected chi connectivity index (χ3v) is 5.08. The van der Waals surface area contributed by atoms with Gasteiger partial charge in [0.1, 0.15) is 5.82 Å². The lowest BCUT2D eigenvalue weighted by molar-refractivity contribution is 0.354. The van der Waals surface area contributed by atoms with Gasteiger partial charge < -0.3 is 14.8 Å². The second-order valence-corrected chi connectivity index (χ2v) is 7.23. The van der Waals surface area contributed by atoms with E-state index in [-0.39, 0.29) is 10.7 Å². The van der Waals surface area contributed by atoms with E-state index in [2.05, 4.69) is 15.0 Å². The van der Waals surface area contributed by atoms with Crippen molar-refractivity contribution in [2.75, 3.05) is 24.3 Å². The van der Waals surface area contributed by atoms with Crippen molar-refractivity contribution >= 4 is 27.2 Å². The van der Waals surface area contributed by atoms with Crippen LogP contribution in [0, 0.1) is 0 Å². The smallest absolute Gasteiger partial charge is 0.263 e. The second-order valence-electron chi connectivity index (χ2n) is 5.55. The van der Waals surface area contributed by atoms with Gasteiger partial charge in [-0.05, 0) is 36.4 Å². The summed E-state index contributed by atoms with van der Waals surface area (Å²) < 4.78 is 37.9. The molecule has 0 unspecified atom stereocenters. The zero-order valence-corrected chi connectivity index (χ0v) is 15.7. The topological polar surface area (TPSA) is 89.6 Å². The Balaban J connectivity index is 1.76. The molecule has 0 aliphatic carbocycles. The van der Waals surface area contributed by atoms with E-state index in [4.69, 9.17) is 9.47 Å². The Morgan fingerprint density at radius 3 is 2.22 bits per heavy atom. The molecule has 0 atom stereocenters. The Bertz CT molecular complexity index is 1010. The summed E-state index contributed by atoms with van der Waals surface area (Å²) in [7, 11) is -0.880. The molecule has 3 rings (SSSR count). The van der Waals surface area contributed by atoms with Crippen molar-refractivity contribution in [1.29, 1.82) is 0 Å². The second kappa shape index (κ2) is 7.96. The first-order valence-electron chi connectivity index (χ1n) is 8.05. The molecule has 0 spiro atoms. The average molecular weight is 385 g/mol. The largest absolute Gasteiger partial charge is 0.493 e. The number of benzene rings is 2. The number of methoxy groups -OCH3 is 2. The van der Waals surface area contributed by atoms with Gasteiger partial charge in [0.2, 0.25) is 0 Å². The van der Waals surface area contributed by atoms with E-state index in [1.807, 2.05) is 30.3 Å². The third kappa shape index (κ3) is 4.48. The van der Waals surface area contributed by atoms with E-state index in [0.29, 0.717) is 11.5 Å². The normalized spacial score (nSPS) is 10.9. The van der Waals surface area contributed by atoms with Crippen LogP contribution in [-0.2, 0) is 10.0 Å². The van der Waals surface area contributed by atoms with Gasteiger partial charge in [0, 0.05) is 11.8 Å². The zero-order valence-electron chi connectivity index (χ0n) is 14.8. The van der Waals surface area contributed by atoms with Crippen LogP contribution >= 0.6 is 0 Å². The van der Waals surface area contributed by atoms with Crippen molar-refractivity contribution in [2.45, 2.75) is 4.90 Å². The van der Waals surface area contributed by atoms with Crippen LogP contribution in [0.15, 0.2) is 71.8 Å². The summed E-state index contributed by atoms with van der Waals surface area (Å²) in [6.45, 7) is 0. The molecule has 2 aromatic carbocycles. The Hall–Kier alpha value is -3.26. The molecule has 0 aliphatic heterocycles. The molecule has 0 saturated carbocycles. The highest BCUT2D eigenvalue weighted by Crippen LogP contribution is 2.30. The van der Waals surface area contributed by atoms with Crippen molar-refractivity contribution in [3.8, 4) is 11.5 Å². The molecule has 8 heteroatoms. The van der Waals surface area contributed by atoms with Crippen molar-refractivity contribution < 1.29 is 17.9 Å². The predicted molar refractivity (Wildman–Crippen MR) is 104 cm³/mol. The van der Waals surface area contributed by atoms with Gasteiger partial charge in [0.25, 0.3) is 10.0 Å². The molecule has 1 heterocycles. The minimum atomic E-state index is -3.81. The number of nitrogens with one attached hydrogen (secondary N) is 2. The summed E-state index contributed by atoms with van der Waals surface area (Å²) in [6.07, 6.45) is 1.56. The van der Waals surface area contributed by atoms with Gasteiger partial charge in [-0.25, -0.2) is 13.4 Å². The number of aromatic nitrogens is 1. The van der Waals surface area contributed by atoms with Crippen LogP contribution in [0.4, 0.5) is 17.2 Å². The lowest BCUT2D eigenvalue weighted by atomic mass is 10.3. The average Bonchev–Trinajstić information content (AvgIpc) is 2.69. The number of pyridine rings is 1. The number of sulfonamides is 1. The van der Waals surface area contributed by atoms with Crippen molar-refractivity contribution in [2.24, 2.45) is 0 Å². The Morgan fingerprint density at radius 1 is 0.852 bits per heavy atom. The SMILES string of the molecule is COc1ccc(S(=O)(=O)Nc2ccc(Nc3ccccc3)cn2)cc1OC. The Labute approximate surface area is 158 Å². The summed E-state index contributed by atoms with van der Waals surface area (Å²) >= 11 is 0. The number of ether oxygens (including phenoxy) is 2. The number of nitrogens with zero attached hydrogens (tertiary/aromatic N) is 1. The minimum absolute atomic E-state index is 0.0495. The Morgan fingerprint density at radius 2 is 1.59 bits per heavy atom. The summed E-state index contributed by atoms with van der Waals surface area (Å²) in [4.78, 5) is 4.20. The van der Waals surface area contributed by atoms with Gasteiger partial charge in [-0.3, -0.25) is 4.72 Å². The van der Waals surface area contributed by atoms with E-state index in [1.54, 1.807) is 18.3 Å². The fourth-order valence-electron chi connectivity index (χ4n) is 2.40. The first kappa shape index (κ1) is 18.5. The molecule has 1 aromatic heterocycles. The van der Waals surface area contributed by atoms with Crippen molar-refractivity contribution in [3.63, 3.8) is 0 Å². The molecular weight excluding hydrogens is 366 g/mol. The number of hydrogen-bond acceptors (Lipinski definition) is 6. The maximum absolute atomic E-state index is 12.6. The molecule has 0 aliphatic rings. The van der Waals surface area contributed by atoms with E-state index in [9.17, 15) is 8.42 Å². The number of rotatable bonds is 7. The van der Waals surface area contributed by atoms with Gasteiger partial charge in [-0.2, -0.15) is 0 Å². The standard InChI is InChI=1S/C19H19N3O4S/c1-25-17-10-9-16(12-18(17)26-2)27(23,24)22-19-11-8-15(13-20-19)21-14-6-4-3-5-7-14/h3-13,21H,1-2H3,(H,20,22). The molecular formula is C19H19N3O4S. The van der Waals surface area contributed by atoms with Gasteiger partial charge in [0.15, 0.2) is 11.5 Å². The van der Waals surface area contributed by atoms with E-state index in [1.165, 1.54) is 32.4 Å².